The van der Waals surface area contributed by atoms with Crippen molar-refractivity contribution in [3.8, 4) is 0 Å². The quantitative estimate of drug-likeness (QED) is 0.805. The van der Waals surface area contributed by atoms with Crippen LogP contribution in [-0.2, 0) is 6.54 Å². The Morgan fingerprint density at radius 1 is 1.33 bits per heavy atom. The number of halogens is 2. The van der Waals surface area contributed by atoms with E-state index in [9.17, 15) is 8.78 Å². The van der Waals surface area contributed by atoms with Crippen LogP contribution in [0.5, 0.6) is 0 Å². The Morgan fingerprint density at radius 2 is 2.13 bits per heavy atom. The highest BCUT2D eigenvalue weighted by molar-refractivity contribution is 5.17. The minimum Gasteiger partial charge on any atom is -0.326 e. The average Bonchev–Trinajstić information content (AvgIpc) is 2.58. The van der Waals surface area contributed by atoms with Crippen molar-refractivity contribution >= 4 is 0 Å². The van der Waals surface area contributed by atoms with E-state index in [0.717, 1.165) is 25.1 Å². The number of hydrogen-bond donors (Lipinski definition) is 1. The third-order valence-corrected chi connectivity index (χ3v) is 2.70. The van der Waals surface area contributed by atoms with Gasteiger partial charge in [-0.3, -0.25) is 4.90 Å². The summed E-state index contributed by atoms with van der Waals surface area (Å²) in [5.74, 6) is -1.58. The Balaban J connectivity index is 2.02. The normalized spacial score (nSPS) is 22.2. The Kier molecular flexibility index (Phi) is 2.98. The van der Waals surface area contributed by atoms with E-state index in [2.05, 4.69) is 4.90 Å². The predicted molar refractivity (Wildman–Crippen MR) is 54.2 cm³/mol. The molecule has 0 saturated carbocycles. The molecule has 1 aliphatic rings. The minimum absolute atomic E-state index is 0.218. The predicted octanol–water partition coefficient (Wildman–Crippen LogP) is 1.50. The summed E-state index contributed by atoms with van der Waals surface area (Å²) in [7, 11) is 0. The first-order valence-electron chi connectivity index (χ1n) is 5.07. The number of nitrogens with zero attached hydrogens (tertiary/aromatic N) is 1. The fourth-order valence-corrected chi connectivity index (χ4v) is 1.90. The first-order chi connectivity index (χ1) is 7.15. The molecule has 2 nitrogen and oxygen atoms in total. The van der Waals surface area contributed by atoms with Gasteiger partial charge in [-0.05, 0) is 24.1 Å². The summed E-state index contributed by atoms with van der Waals surface area (Å²) in [4.78, 5) is 2.15. The molecule has 0 amide bonds. The lowest BCUT2D eigenvalue weighted by Crippen LogP contribution is -2.26. The van der Waals surface area contributed by atoms with Gasteiger partial charge in [-0.15, -0.1) is 0 Å². The molecule has 1 aromatic carbocycles. The van der Waals surface area contributed by atoms with E-state index in [1.54, 1.807) is 6.07 Å². The van der Waals surface area contributed by atoms with E-state index in [4.69, 9.17) is 5.73 Å². The van der Waals surface area contributed by atoms with E-state index in [-0.39, 0.29) is 6.04 Å². The monoisotopic (exact) mass is 212 g/mol. The van der Waals surface area contributed by atoms with Crippen LogP contribution < -0.4 is 5.73 Å². The van der Waals surface area contributed by atoms with Crippen LogP contribution in [0.15, 0.2) is 18.2 Å². The summed E-state index contributed by atoms with van der Waals surface area (Å²) in [5, 5.41) is 0. The van der Waals surface area contributed by atoms with Gasteiger partial charge in [0, 0.05) is 25.7 Å². The average molecular weight is 212 g/mol. The first-order valence-corrected chi connectivity index (χ1v) is 5.07. The molecule has 1 atom stereocenters. The van der Waals surface area contributed by atoms with Crippen molar-refractivity contribution in [2.75, 3.05) is 13.1 Å². The van der Waals surface area contributed by atoms with Crippen LogP contribution in [0.2, 0.25) is 0 Å². The van der Waals surface area contributed by atoms with Gasteiger partial charge >= 0.3 is 0 Å². The second-order valence-electron chi connectivity index (χ2n) is 4.03. The van der Waals surface area contributed by atoms with E-state index in [1.807, 2.05) is 0 Å². The molecule has 1 unspecified atom stereocenters. The topological polar surface area (TPSA) is 29.3 Å². The van der Waals surface area contributed by atoms with Gasteiger partial charge in [0.2, 0.25) is 0 Å². The van der Waals surface area contributed by atoms with Gasteiger partial charge in [0.1, 0.15) is 0 Å². The Hall–Kier alpha value is -1.00. The molecule has 1 fully saturated rings. The van der Waals surface area contributed by atoms with Crippen molar-refractivity contribution in [1.82, 2.24) is 4.90 Å². The van der Waals surface area contributed by atoms with Crippen LogP contribution in [0.4, 0.5) is 8.78 Å². The highest BCUT2D eigenvalue weighted by Gasteiger charge is 2.19. The van der Waals surface area contributed by atoms with Gasteiger partial charge < -0.3 is 5.73 Å². The third-order valence-electron chi connectivity index (χ3n) is 2.70. The Bertz CT molecular complexity index is 354. The van der Waals surface area contributed by atoms with Crippen LogP contribution in [0.25, 0.3) is 0 Å². The van der Waals surface area contributed by atoms with Crippen molar-refractivity contribution in [3.63, 3.8) is 0 Å². The molecule has 0 aromatic heterocycles. The molecule has 2 N–H and O–H groups in total. The molecule has 15 heavy (non-hydrogen) atoms. The van der Waals surface area contributed by atoms with Crippen LogP contribution in [0.1, 0.15) is 12.0 Å². The molecule has 0 radical (unpaired) electrons. The van der Waals surface area contributed by atoms with Gasteiger partial charge in [0.25, 0.3) is 0 Å². The lowest BCUT2D eigenvalue weighted by atomic mass is 10.2. The molecule has 0 bridgehead atoms. The summed E-state index contributed by atoms with van der Waals surface area (Å²) in [5.41, 5.74) is 6.55. The summed E-state index contributed by atoms with van der Waals surface area (Å²) >= 11 is 0. The van der Waals surface area contributed by atoms with Crippen molar-refractivity contribution < 1.29 is 8.78 Å². The second kappa shape index (κ2) is 4.24. The lowest BCUT2D eigenvalue weighted by molar-refractivity contribution is 0.326. The number of nitrogens with two attached hydrogens (primary N) is 1. The molecule has 0 aliphatic carbocycles. The fraction of sp³-hybridized carbons (Fsp3) is 0.455. The standard InChI is InChI=1S/C11H14F2N2/c12-10-2-1-8(5-11(10)13)6-15-4-3-9(14)7-15/h1-2,5,9H,3-4,6-7,14H2. The second-order valence-corrected chi connectivity index (χ2v) is 4.03. The molecule has 1 saturated heterocycles. The summed E-state index contributed by atoms with van der Waals surface area (Å²) < 4.78 is 25.6. The molecule has 4 heteroatoms. The van der Waals surface area contributed by atoms with E-state index in [0.29, 0.717) is 6.54 Å². The van der Waals surface area contributed by atoms with Crippen molar-refractivity contribution in [3.05, 3.63) is 35.4 Å². The molecule has 82 valence electrons. The highest BCUT2D eigenvalue weighted by Crippen LogP contribution is 2.14. The zero-order valence-corrected chi connectivity index (χ0v) is 8.42. The Labute approximate surface area is 87.7 Å². The number of rotatable bonds is 2. The van der Waals surface area contributed by atoms with Crippen molar-refractivity contribution in [2.24, 2.45) is 5.73 Å². The van der Waals surface area contributed by atoms with Gasteiger partial charge in [0.15, 0.2) is 11.6 Å². The van der Waals surface area contributed by atoms with E-state index in [1.165, 1.54) is 12.1 Å². The molecule has 1 heterocycles. The van der Waals surface area contributed by atoms with Gasteiger partial charge in [-0.2, -0.15) is 0 Å². The molecule has 1 aromatic rings. The number of likely N-dealkylation sites (tertiary alicyclic amines) is 1. The van der Waals surface area contributed by atoms with Crippen LogP contribution in [0, 0.1) is 11.6 Å². The number of benzene rings is 1. The van der Waals surface area contributed by atoms with Crippen molar-refractivity contribution in [2.45, 2.75) is 19.0 Å². The third kappa shape index (κ3) is 2.52. The zero-order valence-electron chi connectivity index (χ0n) is 8.42. The number of hydrogen-bond acceptors (Lipinski definition) is 2. The van der Waals surface area contributed by atoms with Crippen LogP contribution >= 0.6 is 0 Å². The van der Waals surface area contributed by atoms with Gasteiger partial charge in [-0.25, -0.2) is 8.78 Å². The van der Waals surface area contributed by atoms with Crippen LogP contribution in [-0.4, -0.2) is 24.0 Å². The minimum atomic E-state index is -0.795. The van der Waals surface area contributed by atoms with E-state index >= 15 is 0 Å². The van der Waals surface area contributed by atoms with Crippen molar-refractivity contribution in [1.29, 1.82) is 0 Å². The summed E-state index contributed by atoms with van der Waals surface area (Å²) in [6.45, 7) is 2.41. The summed E-state index contributed by atoms with van der Waals surface area (Å²) in [6, 6.07) is 4.25. The molecule has 1 aliphatic heterocycles. The Morgan fingerprint density at radius 3 is 2.73 bits per heavy atom. The molecule has 2 rings (SSSR count). The maximum Gasteiger partial charge on any atom is 0.159 e. The SMILES string of the molecule is NC1CCN(Cc2ccc(F)c(F)c2)C1. The first kappa shape index (κ1) is 10.5. The molecular formula is C11H14F2N2. The maximum absolute atomic E-state index is 12.9. The highest BCUT2D eigenvalue weighted by atomic mass is 19.2. The summed E-state index contributed by atoms with van der Waals surface area (Å²) in [6.07, 6.45) is 0.976. The lowest BCUT2D eigenvalue weighted by Gasteiger charge is -2.14. The zero-order chi connectivity index (χ0) is 10.8. The fourth-order valence-electron chi connectivity index (χ4n) is 1.90. The molecular weight excluding hydrogens is 198 g/mol. The largest absolute Gasteiger partial charge is 0.326 e. The van der Waals surface area contributed by atoms with Crippen LogP contribution in [0.3, 0.4) is 0 Å². The maximum atomic E-state index is 12.9. The molecule has 0 spiro atoms. The smallest absolute Gasteiger partial charge is 0.159 e. The van der Waals surface area contributed by atoms with Gasteiger partial charge in [0.05, 0.1) is 0 Å². The van der Waals surface area contributed by atoms with E-state index < -0.39 is 11.6 Å². The van der Waals surface area contributed by atoms with Gasteiger partial charge in [-0.1, -0.05) is 6.07 Å².